The van der Waals surface area contributed by atoms with Crippen LogP contribution in [0, 0.1) is 5.41 Å². The molecule has 0 radical (unpaired) electrons. The van der Waals surface area contributed by atoms with Gasteiger partial charge >= 0.3 is 6.18 Å². The zero-order valence-corrected chi connectivity index (χ0v) is 20.0. The number of hydrogen-bond acceptors (Lipinski definition) is 5. The van der Waals surface area contributed by atoms with E-state index in [2.05, 4.69) is 32.3 Å². The number of halogens is 3. The van der Waals surface area contributed by atoms with E-state index in [1.54, 1.807) is 12.3 Å². The number of benzene rings is 1. The van der Waals surface area contributed by atoms with Crippen molar-refractivity contribution in [1.82, 2.24) is 10.3 Å². The lowest BCUT2D eigenvalue weighted by atomic mass is 9.81. The monoisotopic (exact) mass is 500 g/mol. The van der Waals surface area contributed by atoms with Crippen molar-refractivity contribution in [1.29, 1.82) is 0 Å². The van der Waals surface area contributed by atoms with E-state index in [1.165, 1.54) is 24.3 Å². The Kier molecular flexibility index (Phi) is 6.18. The zero-order valence-electron chi connectivity index (χ0n) is 20.0. The molecule has 5 N–H and O–H groups in total. The highest BCUT2D eigenvalue weighted by molar-refractivity contribution is 6.03. The van der Waals surface area contributed by atoms with Crippen molar-refractivity contribution in [3.63, 3.8) is 0 Å². The number of aromatic amines is 1. The summed E-state index contributed by atoms with van der Waals surface area (Å²) < 4.78 is 42.0. The predicted molar refractivity (Wildman–Crippen MR) is 135 cm³/mol. The van der Waals surface area contributed by atoms with Gasteiger partial charge in [0.05, 0.1) is 17.4 Å². The van der Waals surface area contributed by atoms with Crippen molar-refractivity contribution in [2.75, 3.05) is 11.9 Å². The SMILES string of the molecule is C=N[C@H]1CCCC12CC2Nc1cc[nH]c(=O)c1C(N)=Nc1ccc(C2(C(F)(F)F)CCCCN2)cc1. The van der Waals surface area contributed by atoms with Gasteiger partial charge in [-0.3, -0.25) is 15.1 Å². The Morgan fingerprint density at radius 1 is 1.14 bits per heavy atom. The van der Waals surface area contributed by atoms with Crippen LogP contribution in [0.2, 0.25) is 0 Å². The van der Waals surface area contributed by atoms with Gasteiger partial charge in [0.15, 0.2) is 0 Å². The molecule has 1 aromatic heterocycles. The van der Waals surface area contributed by atoms with Crippen molar-refractivity contribution >= 4 is 23.9 Å². The largest absolute Gasteiger partial charge is 0.410 e. The summed E-state index contributed by atoms with van der Waals surface area (Å²) in [5.41, 5.74) is 5.20. The Morgan fingerprint density at radius 3 is 2.58 bits per heavy atom. The number of pyridine rings is 1. The lowest BCUT2D eigenvalue weighted by molar-refractivity contribution is -0.207. The molecule has 10 heteroatoms. The molecule has 2 heterocycles. The van der Waals surface area contributed by atoms with Gasteiger partial charge in [0.1, 0.15) is 16.9 Å². The number of hydrogen-bond donors (Lipinski definition) is 4. The van der Waals surface area contributed by atoms with Crippen molar-refractivity contribution < 1.29 is 13.2 Å². The van der Waals surface area contributed by atoms with Crippen LogP contribution in [0.25, 0.3) is 0 Å². The molecule has 1 spiro atoms. The summed E-state index contributed by atoms with van der Waals surface area (Å²) in [6, 6.07) is 8.01. The van der Waals surface area contributed by atoms with Crippen molar-refractivity contribution in [2.45, 2.75) is 68.7 Å². The van der Waals surface area contributed by atoms with E-state index in [0.717, 1.165) is 25.7 Å². The smallest absolute Gasteiger partial charge is 0.383 e. The first kappa shape index (κ1) is 24.5. The minimum Gasteiger partial charge on any atom is -0.383 e. The van der Waals surface area contributed by atoms with Crippen LogP contribution in [0.1, 0.15) is 56.1 Å². The van der Waals surface area contributed by atoms with Gasteiger partial charge in [-0.2, -0.15) is 13.2 Å². The minimum absolute atomic E-state index is 0.00653. The van der Waals surface area contributed by atoms with Gasteiger partial charge in [0, 0.05) is 17.7 Å². The quantitative estimate of drug-likeness (QED) is 0.349. The third kappa shape index (κ3) is 4.11. The minimum atomic E-state index is -4.42. The number of aliphatic imine (C=N–C) groups is 2. The Labute approximate surface area is 207 Å². The van der Waals surface area contributed by atoms with Gasteiger partial charge in [-0.05, 0) is 75.5 Å². The van der Waals surface area contributed by atoms with E-state index < -0.39 is 11.7 Å². The molecule has 2 aliphatic carbocycles. The number of nitrogens with one attached hydrogen (secondary N) is 3. The molecule has 7 nitrogen and oxygen atoms in total. The number of amidine groups is 1. The maximum absolute atomic E-state index is 14.0. The summed E-state index contributed by atoms with van der Waals surface area (Å²) in [5, 5.41) is 6.15. The second-order valence-electron chi connectivity index (χ2n) is 10.2. The molecule has 1 aliphatic heterocycles. The Bertz CT molecular complexity index is 1220. The normalized spacial score (nSPS) is 30.4. The van der Waals surface area contributed by atoms with Crippen LogP contribution in [0.3, 0.4) is 0 Å². The fourth-order valence-corrected chi connectivity index (χ4v) is 6.13. The van der Waals surface area contributed by atoms with E-state index in [1.807, 2.05) is 0 Å². The lowest BCUT2D eigenvalue weighted by Gasteiger charge is -2.40. The molecule has 2 aromatic rings. The van der Waals surface area contributed by atoms with Gasteiger partial charge in [0.25, 0.3) is 5.56 Å². The van der Waals surface area contributed by atoms with Crippen LogP contribution >= 0.6 is 0 Å². The molecule has 4 atom stereocenters. The fraction of sp³-hybridized carbons (Fsp3) is 0.500. The summed E-state index contributed by atoms with van der Waals surface area (Å²) >= 11 is 0. The van der Waals surface area contributed by atoms with Gasteiger partial charge in [-0.15, -0.1) is 0 Å². The maximum atomic E-state index is 14.0. The third-order valence-corrected chi connectivity index (χ3v) is 8.17. The molecule has 3 unspecified atom stereocenters. The van der Waals surface area contributed by atoms with E-state index in [4.69, 9.17) is 5.73 Å². The first-order chi connectivity index (χ1) is 17.2. The number of alkyl halides is 3. The molecule has 0 amide bonds. The summed E-state index contributed by atoms with van der Waals surface area (Å²) in [7, 11) is 0. The van der Waals surface area contributed by atoms with Crippen LogP contribution in [-0.4, -0.2) is 42.3 Å². The average molecular weight is 501 g/mol. The Hall–Kier alpha value is -3.14. The first-order valence-electron chi connectivity index (χ1n) is 12.4. The molecule has 36 heavy (non-hydrogen) atoms. The molecular weight excluding hydrogens is 469 g/mol. The second kappa shape index (κ2) is 9.06. The van der Waals surface area contributed by atoms with E-state index in [-0.39, 0.29) is 46.4 Å². The molecule has 5 rings (SSSR count). The molecule has 1 saturated heterocycles. The van der Waals surface area contributed by atoms with Crippen molar-refractivity contribution in [3.05, 3.63) is 58.0 Å². The molecule has 3 aliphatic rings. The topological polar surface area (TPSA) is 108 Å². The molecule has 192 valence electrons. The fourth-order valence-electron chi connectivity index (χ4n) is 6.13. The standard InChI is InChI=1S/C26H31F3N6O/c1-31-19-5-4-11-24(19)15-20(24)35-18-10-14-32-23(36)21(18)22(30)34-17-8-6-16(7-9-17)25(26(27,28)29)12-2-3-13-33-25/h6-10,14,19-20,33H,1-5,11-13,15H2,(H2,30,34)(H2,32,35,36)/t19-,20?,24?,25?/m0/s1. The number of anilines is 1. The van der Waals surface area contributed by atoms with Crippen LogP contribution in [0.15, 0.2) is 51.3 Å². The highest BCUT2D eigenvalue weighted by Crippen LogP contribution is 2.60. The number of aromatic nitrogens is 1. The highest BCUT2D eigenvalue weighted by atomic mass is 19.4. The van der Waals surface area contributed by atoms with Gasteiger partial charge in [-0.25, -0.2) is 4.99 Å². The molecule has 2 saturated carbocycles. The van der Waals surface area contributed by atoms with Gasteiger partial charge in [-0.1, -0.05) is 18.6 Å². The van der Waals surface area contributed by atoms with Gasteiger partial charge < -0.3 is 16.0 Å². The number of nitrogens with two attached hydrogens (primary N) is 1. The lowest BCUT2D eigenvalue weighted by Crippen LogP contribution is -2.56. The summed E-state index contributed by atoms with van der Waals surface area (Å²) in [6.07, 6.45) is 2.48. The van der Waals surface area contributed by atoms with Crippen LogP contribution in [0.5, 0.6) is 0 Å². The number of nitrogens with zero attached hydrogens (tertiary/aromatic N) is 2. The van der Waals surface area contributed by atoms with E-state index in [9.17, 15) is 18.0 Å². The van der Waals surface area contributed by atoms with E-state index in [0.29, 0.717) is 30.8 Å². The second-order valence-corrected chi connectivity index (χ2v) is 10.2. The maximum Gasteiger partial charge on any atom is 0.410 e. The zero-order chi connectivity index (χ0) is 25.6. The summed E-state index contributed by atoms with van der Waals surface area (Å²) in [5.74, 6) is -0.00653. The molecular formula is C26H31F3N6O. The van der Waals surface area contributed by atoms with Gasteiger partial charge in [0.2, 0.25) is 0 Å². The molecule has 1 aromatic carbocycles. The van der Waals surface area contributed by atoms with Crippen molar-refractivity contribution in [2.24, 2.45) is 21.1 Å². The van der Waals surface area contributed by atoms with Crippen molar-refractivity contribution in [3.8, 4) is 0 Å². The summed E-state index contributed by atoms with van der Waals surface area (Å²) in [6.45, 7) is 4.05. The number of piperidine rings is 1. The summed E-state index contributed by atoms with van der Waals surface area (Å²) in [4.78, 5) is 24.0. The Balaban J connectivity index is 1.40. The van der Waals surface area contributed by atoms with E-state index >= 15 is 0 Å². The number of H-pyrrole nitrogens is 1. The predicted octanol–water partition coefficient (Wildman–Crippen LogP) is 4.37. The third-order valence-electron chi connectivity index (χ3n) is 8.17. The van der Waals surface area contributed by atoms with Crippen LogP contribution < -0.4 is 21.9 Å². The average Bonchev–Trinajstić information content (AvgIpc) is 3.36. The highest BCUT2D eigenvalue weighted by Gasteiger charge is 2.61. The first-order valence-corrected chi connectivity index (χ1v) is 12.4. The Morgan fingerprint density at radius 2 is 1.92 bits per heavy atom. The molecule has 0 bridgehead atoms. The van der Waals surface area contributed by atoms with Crippen LogP contribution in [0.4, 0.5) is 24.5 Å². The molecule has 3 fully saturated rings. The number of rotatable bonds is 6. The van der Waals surface area contributed by atoms with Crippen LogP contribution in [-0.2, 0) is 5.54 Å².